The molecule has 2 unspecified atom stereocenters. The van der Waals surface area contributed by atoms with Crippen LogP contribution in [0.1, 0.15) is 27.2 Å². The molecule has 2 atom stereocenters. The van der Waals surface area contributed by atoms with E-state index in [-0.39, 0.29) is 5.91 Å². The number of hydrogen-bond donors (Lipinski definition) is 2. The van der Waals surface area contributed by atoms with Crippen LogP contribution in [0.2, 0.25) is 0 Å². The number of carbonyl (C=O) groups excluding carboxylic acids is 1. The minimum Gasteiger partial charge on any atom is -0.399 e. The van der Waals surface area contributed by atoms with Crippen LogP contribution in [-0.2, 0) is 15.6 Å². The molecule has 0 radical (unpaired) electrons. The lowest BCUT2D eigenvalue weighted by molar-refractivity contribution is -0.120. The summed E-state index contributed by atoms with van der Waals surface area (Å²) in [6.45, 7) is 6.49. The average Bonchev–Trinajstić information content (AvgIpc) is 2.36. The van der Waals surface area contributed by atoms with Gasteiger partial charge in [-0.1, -0.05) is 19.9 Å². The van der Waals surface area contributed by atoms with Gasteiger partial charge in [-0.15, -0.1) is 0 Å². The van der Waals surface area contributed by atoms with Crippen LogP contribution in [0.3, 0.4) is 0 Å². The van der Waals surface area contributed by atoms with Crippen molar-refractivity contribution < 1.29 is 9.00 Å². The number of benzene rings is 1. The molecule has 0 aliphatic rings. The highest BCUT2D eigenvalue weighted by Gasteiger charge is 2.21. The molecule has 0 heterocycles. The van der Waals surface area contributed by atoms with E-state index in [2.05, 4.69) is 19.2 Å². The summed E-state index contributed by atoms with van der Waals surface area (Å²) in [6, 6.07) is 6.85. The largest absolute Gasteiger partial charge is 0.399 e. The lowest BCUT2D eigenvalue weighted by Crippen LogP contribution is -2.36. The standard InChI is InChI=1S/C14H22N2O2S/c1-10(2)7-8-16-14(17)11(3)19(18)13-6-4-5-12(15)9-13/h4-6,9-11H,7-8,15H2,1-3H3,(H,16,17). The molecule has 0 fully saturated rings. The van der Waals surface area contributed by atoms with Crippen LogP contribution in [0.5, 0.6) is 0 Å². The predicted octanol–water partition coefficient (Wildman–Crippen LogP) is 1.93. The molecule has 19 heavy (non-hydrogen) atoms. The van der Waals surface area contributed by atoms with Crippen LogP contribution in [-0.4, -0.2) is 21.9 Å². The van der Waals surface area contributed by atoms with Gasteiger partial charge in [0, 0.05) is 17.1 Å². The van der Waals surface area contributed by atoms with Crippen molar-refractivity contribution in [1.29, 1.82) is 0 Å². The van der Waals surface area contributed by atoms with Gasteiger partial charge in [-0.3, -0.25) is 9.00 Å². The van der Waals surface area contributed by atoms with Gasteiger partial charge >= 0.3 is 0 Å². The van der Waals surface area contributed by atoms with Gasteiger partial charge in [0.05, 0.1) is 10.8 Å². The average molecular weight is 282 g/mol. The Labute approximate surface area is 117 Å². The number of anilines is 1. The predicted molar refractivity (Wildman–Crippen MR) is 79.2 cm³/mol. The summed E-state index contributed by atoms with van der Waals surface area (Å²) in [6.07, 6.45) is 0.920. The maximum atomic E-state index is 12.2. The van der Waals surface area contributed by atoms with Gasteiger partial charge in [-0.25, -0.2) is 0 Å². The Morgan fingerprint density at radius 2 is 2.05 bits per heavy atom. The Bertz CT molecular complexity index is 461. The van der Waals surface area contributed by atoms with Gasteiger partial charge in [-0.2, -0.15) is 0 Å². The number of nitrogen functional groups attached to an aromatic ring is 1. The number of rotatable bonds is 6. The van der Waals surface area contributed by atoms with Crippen molar-refractivity contribution in [2.45, 2.75) is 37.3 Å². The zero-order valence-electron chi connectivity index (χ0n) is 11.7. The maximum absolute atomic E-state index is 12.2. The zero-order valence-corrected chi connectivity index (χ0v) is 12.5. The fourth-order valence-electron chi connectivity index (χ4n) is 1.57. The molecule has 0 saturated heterocycles. The van der Waals surface area contributed by atoms with Crippen molar-refractivity contribution in [2.24, 2.45) is 5.92 Å². The van der Waals surface area contributed by atoms with E-state index in [9.17, 15) is 9.00 Å². The molecule has 1 aromatic carbocycles. The number of amides is 1. The van der Waals surface area contributed by atoms with Crippen LogP contribution >= 0.6 is 0 Å². The van der Waals surface area contributed by atoms with Crippen LogP contribution in [0.25, 0.3) is 0 Å². The van der Waals surface area contributed by atoms with E-state index < -0.39 is 16.0 Å². The number of nitrogens with two attached hydrogens (primary N) is 1. The number of nitrogens with one attached hydrogen (secondary N) is 1. The number of hydrogen-bond acceptors (Lipinski definition) is 3. The third kappa shape index (κ3) is 5.03. The quantitative estimate of drug-likeness (QED) is 0.783. The van der Waals surface area contributed by atoms with Crippen LogP contribution in [0.4, 0.5) is 5.69 Å². The topological polar surface area (TPSA) is 72.2 Å². The summed E-state index contributed by atoms with van der Waals surface area (Å²) in [4.78, 5) is 12.5. The molecule has 3 N–H and O–H groups in total. The first-order valence-corrected chi connectivity index (χ1v) is 7.67. The molecular formula is C14H22N2O2S. The SMILES string of the molecule is CC(C)CCNC(=O)C(C)S(=O)c1cccc(N)c1. The van der Waals surface area contributed by atoms with Gasteiger partial charge in [-0.05, 0) is 37.5 Å². The fourth-order valence-corrected chi connectivity index (χ4v) is 2.72. The van der Waals surface area contributed by atoms with E-state index in [0.29, 0.717) is 23.0 Å². The normalized spacial score (nSPS) is 14.1. The summed E-state index contributed by atoms with van der Waals surface area (Å²) >= 11 is 0. The second-order valence-corrected chi connectivity index (χ2v) is 6.76. The molecule has 1 amide bonds. The second kappa shape index (κ2) is 7.28. The van der Waals surface area contributed by atoms with Gasteiger partial charge in [0.1, 0.15) is 5.25 Å². The van der Waals surface area contributed by atoms with Gasteiger partial charge in [0.2, 0.25) is 5.91 Å². The molecule has 1 aromatic rings. The maximum Gasteiger partial charge on any atom is 0.235 e. The van der Waals surface area contributed by atoms with Gasteiger partial charge in [0.25, 0.3) is 0 Å². The molecule has 1 rings (SSSR count). The molecule has 0 aliphatic heterocycles. The van der Waals surface area contributed by atoms with Crippen LogP contribution in [0, 0.1) is 5.92 Å². The van der Waals surface area contributed by atoms with Crippen LogP contribution < -0.4 is 11.1 Å². The molecule has 0 saturated carbocycles. The molecule has 0 bridgehead atoms. The summed E-state index contributed by atoms with van der Waals surface area (Å²) in [5.41, 5.74) is 6.21. The first kappa shape index (κ1) is 15.7. The third-order valence-corrected chi connectivity index (χ3v) is 4.38. The Morgan fingerprint density at radius 3 is 2.63 bits per heavy atom. The van der Waals surface area contributed by atoms with Gasteiger partial charge in [0.15, 0.2) is 0 Å². The highest BCUT2D eigenvalue weighted by atomic mass is 32.2. The van der Waals surface area contributed by atoms with Crippen molar-refractivity contribution in [1.82, 2.24) is 5.32 Å². The second-order valence-electron chi connectivity index (χ2n) is 4.99. The Balaban J connectivity index is 2.59. The minimum absolute atomic E-state index is 0.179. The van der Waals surface area contributed by atoms with Crippen molar-refractivity contribution in [3.63, 3.8) is 0 Å². The number of carbonyl (C=O) groups is 1. The van der Waals surface area contributed by atoms with E-state index >= 15 is 0 Å². The van der Waals surface area contributed by atoms with Gasteiger partial charge < -0.3 is 11.1 Å². The molecular weight excluding hydrogens is 260 g/mol. The lowest BCUT2D eigenvalue weighted by atomic mass is 10.1. The lowest BCUT2D eigenvalue weighted by Gasteiger charge is -2.13. The third-order valence-electron chi connectivity index (χ3n) is 2.80. The summed E-state index contributed by atoms with van der Waals surface area (Å²) in [5.74, 6) is 0.358. The van der Waals surface area contributed by atoms with Crippen molar-refractivity contribution >= 4 is 22.4 Å². The summed E-state index contributed by atoms with van der Waals surface area (Å²) in [7, 11) is -1.37. The van der Waals surface area contributed by atoms with Crippen molar-refractivity contribution in [3.05, 3.63) is 24.3 Å². The molecule has 0 spiro atoms. The molecule has 0 aliphatic carbocycles. The van der Waals surface area contributed by atoms with Crippen molar-refractivity contribution in [2.75, 3.05) is 12.3 Å². The minimum atomic E-state index is -1.37. The molecule has 106 valence electrons. The smallest absolute Gasteiger partial charge is 0.235 e. The summed E-state index contributed by atoms with van der Waals surface area (Å²) in [5, 5.41) is 2.24. The molecule has 0 aromatic heterocycles. The van der Waals surface area contributed by atoms with E-state index in [1.807, 2.05) is 0 Å². The first-order valence-electron chi connectivity index (χ1n) is 6.45. The zero-order chi connectivity index (χ0) is 14.4. The van der Waals surface area contributed by atoms with Crippen LogP contribution in [0.15, 0.2) is 29.2 Å². The first-order chi connectivity index (χ1) is 8.91. The van der Waals surface area contributed by atoms with Crippen molar-refractivity contribution in [3.8, 4) is 0 Å². The Hall–Kier alpha value is -1.36. The van der Waals surface area contributed by atoms with E-state index in [4.69, 9.17) is 5.73 Å². The fraction of sp³-hybridized carbons (Fsp3) is 0.500. The Kier molecular flexibility index (Phi) is 6.02. The van der Waals surface area contributed by atoms with E-state index in [1.54, 1.807) is 31.2 Å². The monoisotopic (exact) mass is 282 g/mol. The van der Waals surface area contributed by atoms with E-state index in [1.165, 1.54) is 0 Å². The highest BCUT2D eigenvalue weighted by Crippen LogP contribution is 2.14. The highest BCUT2D eigenvalue weighted by molar-refractivity contribution is 7.86. The molecule has 4 nitrogen and oxygen atoms in total. The molecule has 5 heteroatoms. The van der Waals surface area contributed by atoms with E-state index in [0.717, 1.165) is 6.42 Å². The summed E-state index contributed by atoms with van der Waals surface area (Å²) < 4.78 is 12.2. The Morgan fingerprint density at radius 1 is 1.37 bits per heavy atom.